The molecule has 1 fully saturated rings. The molecule has 5 heteroatoms. The van der Waals surface area contributed by atoms with E-state index in [1.165, 1.54) is 0 Å². The van der Waals surface area contributed by atoms with Gasteiger partial charge in [0.25, 0.3) is 0 Å². The molecule has 1 unspecified atom stereocenters. The van der Waals surface area contributed by atoms with Crippen LogP contribution in [0.15, 0.2) is 18.5 Å². The van der Waals surface area contributed by atoms with Gasteiger partial charge in [0.1, 0.15) is 5.82 Å². The Labute approximate surface area is 94.7 Å². The molecule has 16 heavy (non-hydrogen) atoms. The molecule has 1 aromatic heterocycles. The first-order chi connectivity index (χ1) is 7.86. The zero-order chi connectivity index (χ0) is 11.2. The average Bonchev–Trinajstić information content (AvgIpc) is 2.38. The van der Waals surface area contributed by atoms with E-state index >= 15 is 0 Å². The molecule has 0 bridgehead atoms. The van der Waals surface area contributed by atoms with Crippen LogP contribution in [0.4, 0.5) is 0 Å². The molecule has 2 rings (SSSR count). The first-order valence-electron chi connectivity index (χ1n) is 5.60. The number of carbonyl (C=O) groups excluding carboxylic acids is 1. The minimum Gasteiger partial charge on any atom is -0.349 e. The number of hydrogen-bond donors (Lipinski definition) is 2. The average molecular weight is 220 g/mol. The van der Waals surface area contributed by atoms with Crippen LogP contribution in [-0.2, 0) is 11.3 Å². The van der Waals surface area contributed by atoms with Crippen LogP contribution in [-0.4, -0.2) is 29.0 Å². The highest BCUT2D eigenvalue weighted by atomic mass is 16.1. The van der Waals surface area contributed by atoms with E-state index in [-0.39, 0.29) is 11.8 Å². The summed E-state index contributed by atoms with van der Waals surface area (Å²) in [6.45, 7) is 2.21. The third kappa shape index (κ3) is 3.00. The highest BCUT2D eigenvalue weighted by molar-refractivity contribution is 5.78. The molecule has 86 valence electrons. The van der Waals surface area contributed by atoms with E-state index in [2.05, 4.69) is 20.6 Å². The summed E-state index contributed by atoms with van der Waals surface area (Å²) in [6, 6.07) is 1.76. The van der Waals surface area contributed by atoms with Crippen molar-refractivity contribution in [3.63, 3.8) is 0 Å². The molecule has 0 aromatic carbocycles. The molecule has 1 aliphatic heterocycles. The molecule has 2 N–H and O–H groups in total. The number of nitrogens with one attached hydrogen (secondary N) is 2. The monoisotopic (exact) mass is 220 g/mol. The van der Waals surface area contributed by atoms with Gasteiger partial charge in [-0.3, -0.25) is 4.79 Å². The quantitative estimate of drug-likeness (QED) is 0.757. The molecule has 1 amide bonds. The van der Waals surface area contributed by atoms with Crippen molar-refractivity contribution in [2.24, 2.45) is 5.92 Å². The lowest BCUT2D eigenvalue weighted by Gasteiger charge is -2.21. The maximum Gasteiger partial charge on any atom is 0.224 e. The number of nitrogens with zero attached hydrogens (tertiary/aromatic N) is 2. The standard InChI is InChI=1S/C11H16N4O/c16-11(9-3-1-4-12-7-9)15-8-10-13-5-2-6-14-10/h2,5-6,9,12H,1,3-4,7-8H2,(H,15,16). The van der Waals surface area contributed by atoms with Gasteiger partial charge < -0.3 is 10.6 Å². The van der Waals surface area contributed by atoms with Gasteiger partial charge in [0.05, 0.1) is 12.5 Å². The number of rotatable bonds is 3. The van der Waals surface area contributed by atoms with Gasteiger partial charge >= 0.3 is 0 Å². The Balaban J connectivity index is 1.79. The van der Waals surface area contributed by atoms with Gasteiger partial charge in [0, 0.05) is 18.9 Å². The first-order valence-corrected chi connectivity index (χ1v) is 5.60. The van der Waals surface area contributed by atoms with E-state index in [1.807, 2.05) is 0 Å². The van der Waals surface area contributed by atoms with E-state index in [4.69, 9.17) is 0 Å². The van der Waals surface area contributed by atoms with Gasteiger partial charge in [0.15, 0.2) is 0 Å². The van der Waals surface area contributed by atoms with Crippen molar-refractivity contribution in [2.75, 3.05) is 13.1 Å². The fourth-order valence-electron chi connectivity index (χ4n) is 1.81. The third-order valence-corrected chi connectivity index (χ3v) is 2.71. The largest absolute Gasteiger partial charge is 0.349 e. The Bertz CT molecular complexity index is 335. The maximum absolute atomic E-state index is 11.8. The third-order valence-electron chi connectivity index (χ3n) is 2.71. The molecule has 0 aliphatic carbocycles. The van der Waals surface area contributed by atoms with Crippen molar-refractivity contribution in [3.8, 4) is 0 Å². The van der Waals surface area contributed by atoms with Gasteiger partial charge in [-0.2, -0.15) is 0 Å². The zero-order valence-corrected chi connectivity index (χ0v) is 9.15. The Hall–Kier alpha value is -1.49. The van der Waals surface area contributed by atoms with Crippen LogP contribution < -0.4 is 10.6 Å². The van der Waals surface area contributed by atoms with E-state index < -0.39 is 0 Å². The van der Waals surface area contributed by atoms with Gasteiger partial charge in [0.2, 0.25) is 5.91 Å². The predicted octanol–water partition coefficient (Wildman–Crippen LogP) is 0.0924. The summed E-state index contributed by atoms with van der Waals surface area (Å²) in [5.41, 5.74) is 0. The van der Waals surface area contributed by atoms with Gasteiger partial charge in [-0.1, -0.05) is 0 Å². The molecular weight excluding hydrogens is 204 g/mol. The van der Waals surface area contributed by atoms with Crippen LogP contribution >= 0.6 is 0 Å². The molecule has 0 spiro atoms. The van der Waals surface area contributed by atoms with Crippen LogP contribution in [0.25, 0.3) is 0 Å². The SMILES string of the molecule is O=C(NCc1ncccn1)C1CCCNC1. The second kappa shape index (κ2) is 5.55. The number of hydrogen-bond acceptors (Lipinski definition) is 4. The second-order valence-corrected chi connectivity index (χ2v) is 3.93. The maximum atomic E-state index is 11.8. The zero-order valence-electron chi connectivity index (χ0n) is 9.15. The highest BCUT2D eigenvalue weighted by Gasteiger charge is 2.20. The molecular formula is C11H16N4O. The van der Waals surface area contributed by atoms with Crippen LogP contribution in [0.2, 0.25) is 0 Å². The topological polar surface area (TPSA) is 66.9 Å². The summed E-state index contributed by atoms with van der Waals surface area (Å²) in [5, 5.41) is 6.09. The van der Waals surface area contributed by atoms with Gasteiger partial charge in [-0.05, 0) is 25.5 Å². The predicted molar refractivity (Wildman–Crippen MR) is 59.5 cm³/mol. The lowest BCUT2D eigenvalue weighted by atomic mass is 9.99. The molecule has 5 nitrogen and oxygen atoms in total. The fraction of sp³-hybridized carbons (Fsp3) is 0.545. The van der Waals surface area contributed by atoms with Crippen molar-refractivity contribution in [3.05, 3.63) is 24.3 Å². The number of amides is 1. The second-order valence-electron chi connectivity index (χ2n) is 3.93. The van der Waals surface area contributed by atoms with E-state index in [1.54, 1.807) is 18.5 Å². The van der Waals surface area contributed by atoms with E-state index in [9.17, 15) is 4.79 Å². The lowest BCUT2D eigenvalue weighted by Crippen LogP contribution is -2.40. The molecule has 1 aliphatic rings. The van der Waals surface area contributed by atoms with E-state index in [0.29, 0.717) is 12.4 Å². The Morgan fingerprint density at radius 1 is 1.50 bits per heavy atom. The molecule has 1 aromatic rings. The molecule has 2 heterocycles. The summed E-state index contributed by atoms with van der Waals surface area (Å²) in [5.74, 6) is 0.844. The van der Waals surface area contributed by atoms with Crippen LogP contribution in [0, 0.1) is 5.92 Å². The molecule has 1 atom stereocenters. The van der Waals surface area contributed by atoms with Crippen molar-refractivity contribution < 1.29 is 4.79 Å². The van der Waals surface area contributed by atoms with Crippen LogP contribution in [0.1, 0.15) is 18.7 Å². The van der Waals surface area contributed by atoms with Crippen molar-refractivity contribution in [2.45, 2.75) is 19.4 Å². The lowest BCUT2D eigenvalue weighted by molar-refractivity contribution is -0.125. The van der Waals surface area contributed by atoms with Crippen LogP contribution in [0.5, 0.6) is 0 Å². The van der Waals surface area contributed by atoms with Crippen molar-refractivity contribution >= 4 is 5.91 Å². The van der Waals surface area contributed by atoms with Gasteiger partial charge in [-0.25, -0.2) is 9.97 Å². The summed E-state index contributed by atoms with van der Waals surface area (Å²) >= 11 is 0. The normalized spacial score (nSPS) is 20.4. The number of aromatic nitrogens is 2. The Kier molecular flexibility index (Phi) is 3.82. The van der Waals surface area contributed by atoms with Gasteiger partial charge in [-0.15, -0.1) is 0 Å². The smallest absolute Gasteiger partial charge is 0.224 e. The van der Waals surface area contributed by atoms with Crippen molar-refractivity contribution in [1.29, 1.82) is 0 Å². The molecule has 0 saturated carbocycles. The minimum atomic E-state index is 0.0949. The van der Waals surface area contributed by atoms with Crippen LogP contribution in [0.3, 0.4) is 0 Å². The highest BCUT2D eigenvalue weighted by Crippen LogP contribution is 2.09. The summed E-state index contributed by atoms with van der Waals surface area (Å²) in [6.07, 6.45) is 5.39. The molecule has 0 radical (unpaired) electrons. The van der Waals surface area contributed by atoms with E-state index in [0.717, 1.165) is 25.9 Å². The first kappa shape index (κ1) is 11.0. The summed E-state index contributed by atoms with van der Waals surface area (Å²) in [7, 11) is 0. The fourth-order valence-corrected chi connectivity index (χ4v) is 1.81. The summed E-state index contributed by atoms with van der Waals surface area (Å²) < 4.78 is 0. The minimum absolute atomic E-state index is 0.0949. The Morgan fingerprint density at radius 3 is 3.00 bits per heavy atom. The Morgan fingerprint density at radius 2 is 2.31 bits per heavy atom. The number of carbonyl (C=O) groups is 1. The summed E-state index contributed by atoms with van der Waals surface area (Å²) in [4.78, 5) is 19.9. The number of piperidine rings is 1. The van der Waals surface area contributed by atoms with Crippen molar-refractivity contribution in [1.82, 2.24) is 20.6 Å². The molecule has 1 saturated heterocycles.